The zero-order chi connectivity index (χ0) is 20.5. The van der Waals surface area contributed by atoms with Crippen LogP contribution in [-0.4, -0.2) is 41.8 Å². The molecule has 2 heterocycles. The summed E-state index contributed by atoms with van der Waals surface area (Å²) in [4.78, 5) is 24.5. The molecule has 9 heteroatoms. The molecule has 1 fully saturated rings. The van der Waals surface area contributed by atoms with Crippen LogP contribution >= 0.6 is 0 Å². The smallest absolute Gasteiger partial charge is 0.408 e. The Balaban J connectivity index is 1.91. The number of nitrogens with zero attached hydrogens (tertiary/aromatic N) is 2. The lowest BCUT2D eigenvalue weighted by Gasteiger charge is -2.20. The van der Waals surface area contributed by atoms with E-state index in [4.69, 9.17) is 4.42 Å². The van der Waals surface area contributed by atoms with E-state index < -0.39 is 21.3 Å². The number of aromatic nitrogens is 1. The lowest BCUT2D eigenvalue weighted by atomic mass is 10.1. The minimum Gasteiger partial charge on any atom is -0.408 e. The standard InChI is InChI=1S/C19H27N3O5S/c1-19(2,3)20-17(23)13-22-15-9-8-14(12-16(15)27-18(22)24)28(25,26)21-10-6-4-5-7-11-21/h8-9,12H,4-7,10-11,13H2,1-3H3,(H,20,23). The molecule has 0 atom stereocenters. The number of sulfonamides is 1. The number of rotatable bonds is 4. The predicted octanol–water partition coefficient (Wildman–Crippen LogP) is 2.07. The van der Waals surface area contributed by atoms with Crippen molar-refractivity contribution in [1.82, 2.24) is 14.2 Å². The number of nitrogens with one attached hydrogen (secondary N) is 1. The number of benzene rings is 1. The molecular formula is C19H27N3O5S. The number of hydrogen-bond acceptors (Lipinski definition) is 5. The number of amides is 1. The van der Waals surface area contributed by atoms with Crippen LogP contribution in [0, 0.1) is 0 Å². The first-order valence-electron chi connectivity index (χ1n) is 9.52. The van der Waals surface area contributed by atoms with E-state index in [1.807, 2.05) is 20.8 Å². The predicted molar refractivity (Wildman–Crippen MR) is 106 cm³/mol. The molecule has 1 aromatic heterocycles. The van der Waals surface area contributed by atoms with E-state index in [0.29, 0.717) is 18.6 Å². The fourth-order valence-corrected chi connectivity index (χ4v) is 4.92. The largest absolute Gasteiger partial charge is 0.420 e. The lowest BCUT2D eigenvalue weighted by molar-refractivity contribution is -0.123. The first-order chi connectivity index (χ1) is 13.1. The Morgan fingerprint density at radius 3 is 2.39 bits per heavy atom. The second-order valence-electron chi connectivity index (χ2n) is 8.20. The third-order valence-corrected chi connectivity index (χ3v) is 6.55. The number of oxazole rings is 1. The summed E-state index contributed by atoms with van der Waals surface area (Å²) >= 11 is 0. The Bertz CT molecular complexity index is 1020. The van der Waals surface area contributed by atoms with Gasteiger partial charge in [0.15, 0.2) is 5.58 Å². The number of fused-ring (bicyclic) bond motifs is 1. The van der Waals surface area contributed by atoms with Crippen molar-refractivity contribution >= 4 is 27.0 Å². The zero-order valence-corrected chi connectivity index (χ0v) is 17.3. The summed E-state index contributed by atoms with van der Waals surface area (Å²) < 4.78 is 33.8. The van der Waals surface area contributed by atoms with Gasteiger partial charge in [-0.1, -0.05) is 12.8 Å². The maximum Gasteiger partial charge on any atom is 0.420 e. The third kappa shape index (κ3) is 4.47. The molecule has 28 heavy (non-hydrogen) atoms. The van der Waals surface area contributed by atoms with Gasteiger partial charge < -0.3 is 9.73 Å². The van der Waals surface area contributed by atoms with Crippen molar-refractivity contribution in [3.8, 4) is 0 Å². The lowest BCUT2D eigenvalue weighted by Crippen LogP contribution is -2.43. The number of carbonyl (C=O) groups is 1. The van der Waals surface area contributed by atoms with Crippen molar-refractivity contribution in [3.05, 3.63) is 28.7 Å². The summed E-state index contributed by atoms with van der Waals surface area (Å²) in [6, 6.07) is 4.36. The third-order valence-electron chi connectivity index (χ3n) is 4.66. The average molecular weight is 410 g/mol. The number of carbonyl (C=O) groups excluding carboxylic acids is 1. The first kappa shape index (κ1) is 20.6. The highest BCUT2D eigenvalue weighted by Crippen LogP contribution is 2.24. The minimum absolute atomic E-state index is 0.0990. The van der Waals surface area contributed by atoms with E-state index in [0.717, 1.165) is 25.7 Å². The summed E-state index contributed by atoms with van der Waals surface area (Å²) in [6.07, 6.45) is 3.74. The van der Waals surface area contributed by atoms with Crippen molar-refractivity contribution in [2.24, 2.45) is 0 Å². The van der Waals surface area contributed by atoms with Crippen LogP contribution < -0.4 is 11.1 Å². The van der Waals surface area contributed by atoms with Crippen molar-refractivity contribution < 1.29 is 17.6 Å². The maximum absolute atomic E-state index is 12.9. The molecular weight excluding hydrogens is 382 g/mol. The Labute approximate surface area is 164 Å². The Morgan fingerprint density at radius 1 is 1.14 bits per heavy atom. The zero-order valence-electron chi connectivity index (χ0n) is 16.5. The van der Waals surface area contributed by atoms with Gasteiger partial charge in [0.2, 0.25) is 15.9 Å². The van der Waals surface area contributed by atoms with Gasteiger partial charge in [0.25, 0.3) is 0 Å². The van der Waals surface area contributed by atoms with Crippen LogP contribution in [0.4, 0.5) is 0 Å². The fourth-order valence-electron chi connectivity index (χ4n) is 3.39. The summed E-state index contributed by atoms with van der Waals surface area (Å²) in [6.45, 7) is 6.35. The summed E-state index contributed by atoms with van der Waals surface area (Å²) in [5.41, 5.74) is 0.127. The summed E-state index contributed by atoms with van der Waals surface area (Å²) in [5.74, 6) is -1.01. The van der Waals surface area contributed by atoms with E-state index in [1.165, 1.54) is 27.1 Å². The van der Waals surface area contributed by atoms with Crippen LogP contribution in [0.15, 0.2) is 32.3 Å². The van der Waals surface area contributed by atoms with Gasteiger partial charge in [-0.05, 0) is 45.7 Å². The van der Waals surface area contributed by atoms with Crippen LogP contribution in [-0.2, 0) is 21.4 Å². The summed E-state index contributed by atoms with van der Waals surface area (Å²) in [7, 11) is -3.64. The first-order valence-corrected chi connectivity index (χ1v) is 11.0. The van der Waals surface area contributed by atoms with Crippen LogP contribution in [0.2, 0.25) is 0 Å². The Hall–Kier alpha value is -2.13. The van der Waals surface area contributed by atoms with Crippen molar-refractivity contribution in [3.63, 3.8) is 0 Å². The molecule has 1 saturated heterocycles. The molecule has 0 saturated carbocycles. The van der Waals surface area contributed by atoms with Crippen LogP contribution in [0.3, 0.4) is 0 Å². The van der Waals surface area contributed by atoms with Gasteiger partial charge in [-0.25, -0.2) is 13.2 Å². The molecule has 0 aliphatic carbocycles. The van der Waals surface area contributed by atoms with Gasteiger partial charge in [0, 0.05) is 24.7 Å². The van der Waals surface area contributed by atoms with Crippen LogP contribution in [0.5, 0.6) is 0 Å². The highest BCUT2D eigenvalue weighted by atomic mass is 32.2. The average Bonchev–Trinajstić information content (AvgIpc) is 2.78. The number of hydrogen-bond donors (Lipinski definition) is 1. The second kappa shape index (κ2) is 7.71. The highest BCUT2D eigenvalue weighted by molar-refractivity contribution is 7.89. The highest BCUT2D eigenvalue weighted by Gasteiger charge is 2.26. The molecule has 1 aliphatic heterocycles. The van der Waals surface area contributed by atoms with Gasteiger partial charge in [0.05, 0.1) is 10.4 Å². The molecule has 8 nitrogen and oxygen atoms in total. The fraction of sp³-hybridized carbons (Fsp3) is 0.579. The molecule has 2 aromatic rings. The van der Waals surface area contributed by atoms with Gasteiger partial charge in [-0.15, -0.1) is 0 Å². The van der Waals surface area contributed by atoms with Gasteiger partial charge in [-0.3, -0.25) is 9.36 Å². The van der Waals surface area contributed by atoms with Gasteiger partial charge in [0.1, 0.15) is 6.54 Å². The molecule has 3 rings (SSSR count). The maximum atomic E-state index is 12.9. The second-order valence-corrected chi connectivity index (χ2v) is 10.1. The molecule has 1 N–H and O–H groups in total. The van der Waals surface area contributed by atoms with Crippen molar-refractivity contribution in [2.45, 2.75) is 63.4 Å². The topological polar surface area (TPSA) is 102 Å². The molecule has 0 bridgehead atoms. The molecule has 0 spiro atoms. The Kier molecular flexibility index (Phi) is 5.67. The van der Waals surface area contributed by atoms with Crippen molar-refractivity contribution in [2.75, 3.05) is 13.1 Å². The minimum atomic E-state index is -3.64. The molecule has 0 unspecified atom stereocenters. The van der Waals surface area contributed by atoms with E-state index >= 15 is 0 Å². The normalized spacial score (nSPS) is 16.8. The SMILES string of the molecule is CC(C)(C)NC(=O)Cn1c(=O)oc2cc(S(=O)(=O)N3CCCCCC3)ccc21. The van der Waals surface area contributed by atoms with Gasteiger partial charge >= 0.3 is 5.76 Å². The van der Waals surface area contributed by atoms with Gasteiger partial charge in [-0.2, -0.15) is 4.31 Å². The van der Waals surface area contributed by atoms with E-state index in [1.54, 1.807) is 0 Å². The molecule has 1 amide bonds. The van der Waals surface area contributed by atoms with E-state index in [2.05, 4.69) is 5.32 Å². The van der Waals surface area contributed by atoms with Crippen molar-refractivity contribution in [1.29, 1.82) is 0 Å². The monoisotopic (exact) mass is 409 g/mol. The van der Waals surface area contributed by atoms with E-state index in [9.17, 15) is 18.0 Å². The van der Waals surface area contributed by atoms with Crippen LogP contribution in [0.25, 0.3) is 11.1 Å². The molecule has 1 aromatic carbocycles. The summed E-state index contributed by atoms with van der Waals surface area (Å²) in [5, 5.41) is 2.79. The molecule has 1 aliphatic rings. The quantitative estimate of drug-likeness (QED) is 0.833. The Morgan fingerprint density at radius 2 is 1.79 bits per heavy atom. The van der Waals surface area contributed by atoms with Crippen LogP contribution in [0.1, 0.15) is 46.5 Å². The molecule has 154 valence electrons. The van der Waals surface area contributed by atoms with E-state index in [-0.39, 0.29) is 22.9 Å². The molecule has 0 radical (unpaired) electrons.